The quantitative estimate of drug-likeness (QED) is 0.494. The van der Waals surface area contributed by atoms with Gasteiger partial charge in [-0.1, -0.05) is 18.2 Å². The summed E-state index contributed by atoms with van der Waals surface area (Å²) < 4.78 is 0. The van der Waals surface area contributed by atoms with E-state index >= 15 is 0 Å². The Bertz CT molecular complexity index is 186. The molecule has 0 bridgehead atoms. The van der Waals surface area contributed by atoms with Crippen molar-refractivity contribution in [3.8, 4) is 6.07 Å². The second kappa shape index (κ2) is 5.70. The number of hydrogen-bond donors (Lipinski definition) is 1. The molecule has 0 aliphatic heterocycles. The number of nitrogens with one attached hydrogen (secondary N) is 1. The molecular weight excluding hydrogens is 150 g/mol. The third kappa shape index (κ3) is 5.84. The van der Waals surface area contributed by atoms with E-state index in [1.165, 1.54) is 12.8 Å². The largest absolute Gasteiger partial charge is 0.304 e. The molecular formula is C9H18N3+. The van der Waals surface area contributed by atoms with Crippen LogP contribution in [0.1, 0.15) is 40.0 Å². The first kappa shape index (κ1) is 11.1. The van der Waals surface area contributed by atoms with Crippen molar-refractivity contribution in [2.45, 2.75) is 45.6 Å². The van der Waals surface area contributed by atoms with Crippen LogP contribution in [0.3, 0.4) is 0 Å². The summed E-state index contributed by atoms with van der Waals surface area (Å²) in [7, 11) is 0. The van der Waals surface area contributed by atoms with Crippen molar-refractivity contribution in [2.75, 3.05) is 6.54 Å². The fraction of sp³-hybridized carbons (Fsp3) is 0.889. The van der Waals surface area contributed by atoms with E-state index in [2.05, 4.69) is 23.0 Å². The van der Waals surface area contributed by atoms with Crippen LogP contribution in [0, 0.1) is 11.6 Å². The van der Waals surface area contributed by atoms with Gasteiger partial charge in [0.1, 0.15) is 0 Å². The van der Waals surface area contributed by atoms with Crippen molar-refractivity contribution in [1.29, 1.82) is 5.53 Å². The van der Waals surface area contributed by atoms with Crippen LogP contribution < -0.4 is 0 Å². The molecule has 12 heavy (non-hydrogen) atoms. The molecule has 0 aliphatic carbocycles. The van der Waals surface area contributed by atoms with E-state index in [-0.39, 0.29) is 0 Å². The molecule has 0 fully saturated rings. The van der Waals surface area contributed by atoms with Crippen LogP contribution in [0.4, 0.5) is 0 Å². The number of unbranched alkanes of at least 4 members (excludes halogenated alkanes) is 2. The lowest BCUT2D eigenvalue weighted by Gasteiger charge is -1.97. The summed E-state index contributed by atoms with van der Waals surface area (Å²) >= 11 is 0. The molecule has 0 amide bonds. The standard InChI is InChI=1S/C9H18N3/c1-4-5-6-7-11-8-9(2,3)12-10/h10H,4-7H2,1-3H3/q+1. The Hall–Kier alpha value is -0.910. The lowest BCUT2D eigenvalue weighted by Crippen LogP contribution is -2.10. The first-order valence-corrected chi connectivity index (χ1v) is 4.44. The summed E-state index contributed by atoms with van der Waals surface area (Å²) in [6, 6.07) is 2.84. The van der Waals surface area contributed by atoms with Gasteiger partial charge in [0.2, 0.25) is 5.54 Å². The molecule has 68 valence electrons. The highest BCUT2D eigenvalue weighted by Gasteiger charge is 2.19. The Labute approximate surface area is 74.5 Å². The Kier molecular flexibility index (Phi) is 5.27. The van der Waals surface area contributed by atoms with Gasteiger partial charge in [-0.3, -0.25) is 0 Å². The van der Waals surface area contributed by atoms with Crippen LogP contribution in [0.25, 0.3) is 4.85 Å². The molecule has 0 aromatic heterocycles. The average molecular weight is 168 g/mol. The molecule has 0 saturated carbocycles. The van der Waals surface area contributed by atoms with Crippen LogP contribution in [-0.2, 0) is 0 Å². The smallest absolute Gasteiger partial charge is 0.208 e. The summed E-state index contributed by atoms with van der Waals surface area (Å²) in [6.07, 6.45) is 3.53. The molecule has 0 spiro atoms. The van der Waals surface area contributed by atoms with Crippen LogP contribution in [0.15, 0.2) is 5.11 Å². The summed E-state index contributed by atoms with van der Waals surface area (Å²) in [5.74, 6) is 0. The van der Waals surface area contributed by atoms with Crippen molar-refractivity contribution in [1.82, 2.24) is 0 Å². The molecule has 0 aromatic rings. The molecule has 3 nitrogen and oxygen atoms in total. The highest BCUT2D eigenvalue weighted by atomic mass is 15.0. The molecule has 0 atom stereocenters. The second-order valence-electron chi connectivity index (χ2n) is 3.37. The van der Waals surface area contributed by atoms with Gasteiger partial charge in [0.15, 0.2) is 0 Å². The Balaban J connectivity index is 3.65. The molecule has 0 heterocycles. The maximum atomic E-state index is 6.82. The molecule has 0 unspecified atom stereocenters. The third-order valence-corrected chi connectivity index (χ3v) is 1.51. The summed E-state index contributed by atoms with van der Waals surface area (Å²) in [5, 5.41) is 3.38. The number of rotatable bonds is 4. The number of nitrogens with zero attached hydrogens (tertiary/aromatic N) is 2. The topological polar surface area (TPSA) is 40.6 Å². The zero-order valence-electron chi connectivity index (χ0n) is 8.22. The van der Waals surface area contributed by atoms with E-state index in [0.29, 0.717) is 0 Å². The van der Waals surface area contributed by atoms with E-state index in [9.17, 15) is 0 Å². The molecule has 1 N–H and O–H groups in total. The van der Waals surface area contributed by atoms with E-state index in [1.54, 1.807) is 0 Å². The van der Waals surface area contributed by atoms with Gasteiger partial charge in [-0.2, -0.15) is 5.11 Å². The van der Waals surface area contributed by atoms with E-state index < -0.39 is 5.54 Å². The van der Waals surface area contributed by atoms with Gasteiger partial charge < -0.3 is 0 Å². The fourth-order valence-electron chi connectivity index (χ4n) is 0.715. The van der Waals surface area contributed by atoms with Crippen LogP contribution >= 0.6 is 0 Å². The molecule has 0 radical (unpaired) electrons. The van der Waals surface area contributed by atoms with Gasteiger partial charge in [-0.05, 0) is 20.3 Å². The van der Waals surface area contributed by atoms with Crippen LogP contribution in [0.5, 0.6) is 0 Å². The summed E-state index contributed by atoms with van der Waals surface area (Å²) in [5.41, 5.74) is 6.29. The Morgan fingerprint density at radius 1 is 1.42 bits per heavy atom. The zero-order valence-corrected chi connectivity index (χ0v) is 8.22. The van der Waals surface area contributed by atoms with E-state index in [1.807, 2.05) is 13.8 Å². The number of hydrogen-bond acceptors (Lipinski definition) is 2. The first-order valence-electron chi connectivity index (χ1n) is 4.44. The first-order chi connectivity index (χ1) is 5.62. The normalized spacial score (nSPS) is 10.2. The van der Waals surface area contributed by atoms with Crippen molar-refractivity contribution in [3.63, 3.8) is 0 Å². The Morgan fingerprint density at radius 2 is 2.08 bits per heavy atom. The summed E-state index contributed by atoms with van der Waals surface area (Å²) in [6.45, 7) is 6.62. The van der Waals surface area contributed by atoms with Crippen molar-refractivity contribution in [3.05, 3.63) is 4.85 Å². The monoisotopic (exact) mass is 168 g/mol. The average Bonchev–Trinajstić information content (AvgIpc) is 2.04. The SMILES string of the molecule is CCCCC[N+]#CC(C)(C)N=N. The van der Waals surface area contributed by atoms with Gasteiger partial charge in [0.25, 0.3) is 6.54 Å². The maximum Gasteiger partial charge on any atom is 0.304 e. The van der Waals surface area contributed by atoms with Gasteiger partial charge in [0.05, 0.1) is 0 Å². The van der Waals surface area contributed by atoms with Gasteiger partial charge in [0, 0.05) is 6.42 Å². The lowest BCUT2D eigenvalue weighted by atomic mass is 10.1. The van der Waals surface area contributed by atoms with Gasteiger partial charge in [-0.25, -0.2) is 5.53 Å². The summed E-state index contributed by atoms with van der Waals surface area (Å²) in [4.78, 5) is 4.09. The zero-order chi connectivity index (χ0) is 9.45. The van der Waals surface area contributed by atoms with E-state index in [4.69, 9.17) is 5.53 Å². The molecule has 0 aromatic carbocycles. The van der Waals surface area contributed by atoms with Crippen molar-refractivity contribution >= 4 is 0 Å². The van der Waals surface area contributed by atoms with Crippen molar-refractivity contribution in [2.24, 2.45) is 5.11 Å². The minimum atomic E-state index is -0.536. The predicted octanol–water partition coefficient (Wildman–Crippen LogP) is 3.32. The third-order valence-electron chi connectivity index (χ3n) is 1.51. The molecule has 3 heteroatoms. The van der Waals surface area contributed by atoms with Gasteiger partial charge >= 0.3 is 6.07 Å². The molecule has 0 rings (SSSR count). The minimum Gasteiger partial charge on any atom is -0.208 e. The molecule has 0 aliphatic rings. The van der Waals surface area contributed by atoms with Gasteiger partial charge in [-0.15, -0.1) is 0 Å². The minimum absolute atomic E-state index is 0.536. The predicted molar refractivity (Wildman–Crippen MR) is 50.9 cm³/mol. The Morgan fingerprint density at radius 3 is 2.58 bits per heavy atom. The highest BCUT2D eigenvalue weighted by Crippen LogP contribution is 2.05. The second-order valence-corrected chi connectivity index (χ2v) is 3.37. The van der Waals surface area contributed by atoms with Crippen LogP contribution in [-0.4, -0.2) is 12.1 Å². The highest BCUT2D eigenvalue weighted by molar-refractivity contribution is 5.06. The van der Waals surface area contributed by atoms with Crippen LogP contribution in [0.2, 0.25) is 0 Å². The maximum absolute atomic E-state index is 6.82. The van der Waals surface area contributed by atoms with E-state index in [0.717, 1.165) is 13.0 Å². The lowest BCUT2D eigenvalue weighted by molar-refractivity contribution is 0.619. The van der Waals surface area contributed by atoms with Crippen molar-refractivity contribution < 1.29 is 0 Å². The molecule has 0 saturated heterocycles. The fourth-order valence-corrected chi connectivity index (χ4v) is 0.715.